The number of hydrogen-bond acceptors (Lipinski definition) is 4. The summed E-state index contributed by atoms with van der Waals surface area (Å²) in [7, 11) is 0.935. The number of hydrogen-bond donors (Lipinski definition) is 2. The van der Waals surface area contributed by atoms with Crippen molar-refractivity contribution >= 4 is 28.4 Å². The number of amides is 1. The van der Waals surface area contributed by atoms with E-state index in [-0.39, 0.29) is 11.2 Å². The summed E-state index contributed by atoms with van der Waals surface area (Å²) in [6.45, 7) is 7.99. The third-order valence-corrected chi connectivity index (χ3v) is 10.4. The Morgan fingerprint density at radius 1 is 1.12 bits per heavy atom. The highest BCUT2D eigenvalue weighted by Gasteiger charge is 2.51. The van der Waals surface area contributed by atoms with E-state index in [4.69, 9.17) is 4.99 Å². The minimum Gasteiger partial charge on any atom is -0.388 e. The Kier molecular flexibility index (Phi) is 6.15. The summed E-state index contributed by atoms with van der Waals surface area (Å²) in [5, 5.41) is 6.55. The molecule has 5 rings (SSSR count). The molecule has 0 radical (unpaired) electrons. The fraction of sp³-hybridized carbons (Fsp3) is 0.692. The molecule has 1 saturated heterocycles. The fourth-order valence-corrected chi connectivity index (χ4v) is 7.95. The Morgan fingerprint density at radius 2 is 1.76 bits per heavy atom. The molecule has 3 unspecified atom stereocenters. The van der Waals surface area contributed by atoms with Gasteiger partial charge in [0.25, 0.3) is 5.91 Å². The van der Waals surface area contributed by atoms with Crippen LogP contribution in [0.25, 0.3) is 0 Å². The van der Waals surface area contributed by atoms with Crippen LogP contribution in [0.4, 0.5) is 5.69 Å². The molecular formula is C26H38N4O2S. The zero-order chi connectivity index (χ0) is 23.3. The van der Waals surface area contributed by atoms with Gasteiger partial charge >= 0.3 is 0 Å². The second-order valence-electron chi connectivity index (χ2n) is 10.8. The highest BCUT2D eigenvalue weighted by atomic mass is 32.2. The number of benzene rings is 1. The molecular weight excluding hydrogens is 432 g/mol. The van der Waals surface area contributed by atoms with Crippen LogP contribution in [0.5, 0.6) is 0 Å². The van der Waals surface area contributed by atoms with Gasteiger partial charge in [-0.15, -0.1) is 0 Å². The number of carbonyl (C=O) groups excluding carboxylic acids is 1. The van der Waals surface area contributed by atoms with E-state index in [2.05, 4.69) is 47.8 Å². The van der Waals surface area contributed by atoms with Crippen molar-refractivity contribution < 1.29 is 9.00 Å². The highest BCUT2D eigenvalue weighted by molar-refractivity contribution is 7.83. The van der Waals surface area contributed by atoms with Crippen LogP contribution in [-0.4, -0.2) is 51.2 Å². The Bertz CT molecular complexity index is 967. The minimum absolute atomic E-state index is 0.0710. The van der Waals surface area contributed by atoms with Crippen LogP contribution in [-0.2, 0) is 15.8 Å². The number of nitrogens with zero attached hydrogens (tertiary/aromatic N) is 2. The van der Waals surface area contributed by atoms with Crippen molar-refractivity contribution in [2.75, 3.05) is 25.5 Å². The van der Waals surface area contributed by atoms with Gasteiger partial charge in [-0.05, 0) is 80.7 Å². The van der Waals surface area contributed by atoms with Crippen LogP contribution < -0.4 is 10.6 Å². The van der Waals surface area contributed by atoms with Gasteiger partial charge in [0, 0.05) is 37.7 Å². The maximum absolute atomic E-state index is 13.4. The molecule has 2 N–H and O–H groups in total. The monoisotopic (exact) mass is 470 g/mol. The largest absolute Gasteiger partial charge is 0.388 e. The molecule has 2 saturated carbocycles. The second-order valence-corrected chi connectivity index (χ2v) is 12.5. The molecule has 4 aliphatic rings. The molecule has 0 aromatic heterocycles. The Morgan fingerprint density at radius 3 is 2.36 bits per heavy atom. The third kappa shape index (κ3) is 4.27. The molecule has 1 aromatic carbocycles. The van der Waals surface area contributed by atoms with Gasteiger partial charge in [-0.2, -0.15) is 0 Å². The molecule has 3 atom stereocenters. The number of nitrogens with one attached hydrogen (secondary N) is 2. The van der Waals surface area contributed by atoms with E-state index < -0.39 is 16.5 Å². The van der Waals surface area contributed by atoms with Crippen LogP contribution >= 0.6 is 0 Å². The normalized spacial score (nSPS) is 32.4. The maximum atomic E-state index is 13.4. The Labute approximate surface area is 200 Å². The predicted molar refractivity (Wildman–Crippen MR) is 135 cm³/mol. The number of anilines is 1. The van der Waals surface area contributed by atoms with Gasteiger partial charge in [0.15, 0.2) is 0 Å². The van der Waals surface area contributed by atoms with Crippen molar-refractivity contribution in [2.24, 2.45) is 16.8 Å². The van der Waals surface area contributed by atoms with Crippen molar-refractivity contribution in [1.29, 1.82) is 0 Å². The third-order valence-electron chi connectivity index (χ3n) is 8.45. The summed E-state index contributed by atoms with van der Waals surface area (Å²) in [5.41, 5.74) is 4.43. The quantitative estimate of drug-likeness (QED) is 0.682. The van der Waals surface area contributed by atoms with E-state index in [1.807, 2.05) is 7.05 Å². The predicted octanol–water partition coefficient (Wildman–Crippen LogP) is 4.05. The first-order chi connectivity index (χ1) is 15.8. The molecule has 7 heteroatoms. The highest BCUT2D eigenvalue weighted by Crippen LogP contribution is 2.49. The molecule has 1 amide bonds. The minimum atomic E-state index is -1.01. The molecule has 1 spiro atoms. The first-order valence-corrected chi connectivity index (χ1v) is 13.8. The summed E-state index contributed by atoms with van der Waals surface area (Å²) in [6, 6.07) is 4.37. The van der Waals surface area contributed by atoms with E-state index in [9.17, 15) is 9.00 Å². The SMILES string of the molecule is CNc1cc(C)c(C2CC2S(=O)N2CCC3(CC2)N=C(C2CCC(C)CC2)NC3=O)c(C)c1. The van der Waals surface area contributed by atoms with Crippen LogP contribution in [0.1, 0.15) is 74.5 Å². The molecule has 33 heavy (non-hydrogen) atoms. The Balaban J connectivity index is 1.21. The van der Waals surface area contributed by atoms with Crippen LogP contribution in [0.3, 0.4) is 0 Å². The van der Waals surface area contributed by atoms with Gasteiger partial charge in [-0.1, -0.05) is 19.8 Å². The maximum Gasteiger partial charge on any atom is 0.253 e. The first kappa shape index (κ1) is 23.0. The number of carbonyl (C=O) groups is 1. The zero-order valence-electron chi connectivity index (χ0n) is 20.4. The molecule has 2 heterocycles. The lowest BCUT2D eigenvalue weighted by Gasteiger charge is -2.34. The van der Waals surface area contributed by atoms with Gasteiger partial charge in [0.2, 0.25) is 0 Å². The molecule has 1 aromatic rings. The van der Waals surface area contributed by atoms with Crippen molar-refractivity contribution in [2.45, 2.75) is 82.4 Å². The van der Waals surface area contributed by atoms with E-state index in [0.717, 1.165) is 36.7 Å². The van der Waals surface area contributed by atoms with Gasteiger partial charge < -0.3 is 10.6 Å². The first-order valence-electron chi connectivity index (χ1n) is 12.7. The average Bonchev–Trinajstić information content (AvgIpc) is 3.52. The lowest BCUT2D eigenvalue weighted by Crippen LogP contribution is -2.49. The molecule has 2 aliphatic carbocycles. The lowest BCUT2D eigenvalue weighted by atomic mass is 9.82. The smallest absolute Gasteiger partial charge is 0.253 e. The standard InChI is InChI=1S/C26H38N4O2S/c1-16-5-7-19(8-6-16)24-28-25(31)26(29-24)9-11-30(12-10-26)33(32)22-15-21(22)23-17(2)13-20(27-4)14-18(23)3/h13-14,16,19,21-22,27H,5-12,15H2,1-4H3,(H,28,29,31). The number of aryl methyl sites for hydroxylation is 2. The number of rotatable bonds is 5. The second kappa shape index (κ2) is 8.81. The van der Waals surface area contributed by atoms with Crippen molar-refractivity contribution in [1.82, 2.24) is 9.62 Å². The van der Waals surface area contributed by atoms with E-state index in [0.29, 0.717) is 37.8 Å². The molecule has 2 aliphatic heterocycles. The van der Waals surface area contributed by atoms with E-state index in [1.165, 1.54) is 29.5 Å². The van der Waals surface area contributed by atoms with Crippen molar-refractivity contribution in [3.8, 4) is 0 Å². The lowest BCUT2D eigenvalue weighted by molar-refractivity contribution is -0.124. The van der Waals surface area contributed by atoms with Crippen LogP contribution in [0.15, 0.2) is 17.1 Å². The van der Waals surface area contributed by atoms with Crippen LogP contribution in [0.2, 0.25) is 0 Å². The van der Waals surface area contributed by atoms with Gasteiger partial charge in [0.05, 0.1) is 16.2 Å². The average molecular weight is 471 g/mol. The van der Waals surface area contributed by atoms with Crippen LogP contribution in [0, 0.1) is 25.7 Å². The summed E-state index contributed by atoms with van der Waals surface area (Å²) in [5.74, 6) is 2.57. The molecule has 6 nitrogen and oxygen atoms in total. The van der Waals surface area contributed by atoms with Crippen molar-refractivity contribution in [3.05, 3.63) is 28.8 Å². The van der Waals surface area contributed by atoms with E-state index >= 15 is 0 Å². The number of aliphatic imine (C=N–C) groups is 1. The van der Waals surface area contributed by atoms with Crippen molar-refractivity contribution in [3.63, 3.8) is 0 Å². The fourth-order valence-electron chi connectivity index (χ4n) is 6.24. The molecule has 0 bridgehead atoms. The summed E-state index contributed by atoms with van der Waals surface area (Å²) in [4.78, 5) is 17.9. The molecule has 180 valence electrons. The number of piperidine rings is 1. The van der Waals surface area contributed by atoms with Gasteiger partial charge in [-0.25, -0.2) is 8.51 Å². The Hall–Kier alpha value is -1.73. The van der Waals surface area contributed by atoms with Gasteiger partial charge in [-0.3, -0.25) is 9.79 Å². The summed E-state index contributed by atoms with van der Waals surface area (Å²) < 4.78 is 15.5. The number of amidine groups is 1. The summed E-state index contributed by atoms with van der Waals surface area (Å²) >= 11 is 0. The van der Waals surface area contributed by atoms with Gasteiger partial charge in [0.1, 0.15) is 11.4 Å². The topological polar surface area (TPSA) is 73.8 Å². The zero-order valence-corrected chi connectivity index (χ0v) is 21.3. The van der Waals surface area contributed by atoms with E-state index in [1.54, 1.807) is 0 Å². The molecule has 3 fully saturated rings. The summed E-state index contributed by atoms with van der Waals surface area (Å²) in [6.07, 6.45) is 7.02.